The van der Waals surface area contributed by atoms with Gasteiger partial charge in [-0.15, -0.1) is 0 Å². The van der Waals surface area contributed by atoms with Gasteiger partial charge in [-0.2, -0.15) is 0 Å². The molecular weight excluding hydrogens is 286 g/mol. The lowest BCUT2D eigenvalue weighted by atomic mass is 10.1. The van der Waals surface area contributed by atoms with E-state index >= 15 is 0 Å². The summed E-state index contributed by atoms with van der Waals surface area (Å²) in [4.78, 5) is 3.51. The molecule has 2 heteroatoms. The van der Waals surface area contributed by atoms with Crippen LogP contribution in [0.5, 0.6) is 0 Å². The molecule has 1 aromatic heterocycles. The molecule has 0 aliphatic carbocycles. The minimum atomic E-state index is 1.11. The van der Waals surface area contributed by atoms with Crippen molar-refractivity contribution in [2.45, 2.75) is 13.8 Å². The largest absolute Gasteiger partial charge is 0.354 e. The second-order valence-corrected chi connectivity index (χ2v) is 5.65. The molecule has 0 aliphatic heterocycles. The molecular formula is C16H14BrN. The summed E-state index contributed by atoms with van der Waals surface area (Å²) in [6.45, 7) is 4.29. The second-order valence-electron chi connectivity index (χ2n) is 4.74. The van der Waals surface area contributed by atoms with Gasteiger partial charge in [0.2, 0.25) is 0 Å². The van der Waals surface area contributed by atoms with Crippen molar-refractivity contribution in [1.29, 1.82) is 0 Å². The zero-order valence-electron chi connectivity index (χ0n) is 10.4. The third kappa shape index (κ3) is 1.97. The minimum absolute atomic E-state index is 1.11. The predicted molar refractivity (Wildman–Crippen MR) is 80.9 cm³/mol. The molecule has 3 rings (SSSR count). The van der Waals surface area contributed by atoms with Crippen LogP contribution in [0.3, 0.4) is 0 Å². The van der Waals surface area contributed by atoms with Crippen LogP contribution in [0.2, 0.25) is 0 Å². The number of hydrogen-bond acceptors (Lipinski definition) is 0. The average molecular weight is 300 g/mol. The van der Waals surface area contributed by atoms with Crippen LogP contribution >= 0.6 is 15.9 Å². The summed E-state index contributed by atoms with van der Waals surface area (Å²) in [5.41, 5.74) is 6.23. The van der Waals surface area contributed by atoms with Crippen molar-refractivity contribution >= 4 is 26.8 Å². The summed E-state index contributed by atoms with van der Waals surface area (Å²) in [5.74, 6) is 0. The first-order valence-corrected chi connectivity index (χ1v) is 6.79. The lowest BCUT2D eigenvalue weighted by Crippen LogP contribution is -1.79. The van der Waals surface area contributed by atoms with Crippen LogP contribution in [0, 0.1) is 13.8 Å². The predicted octanol–water partition coefficient (Wildman–Crippen LogP) is 5.21. The number of aromatic nitrogens is 1. The van der Waals surface area contributed by atoms with Crippen molar-refractivity contribution in [3.05, 3.63) is 58.1 Å². The lowest BCUT2D eigenvalue weighted by Gasteiger charge is -1.99. The maximum atomic E-state index is 3.51. The number of H-pyrrole nitrogens is 1. The summed E-state index contributed by atoms with van der Waals surface area (Å²) in [7, 11) is 0. The van der Waals surface area contributed by atoms with Crippen LogP contribution in [-0.2, 0) is 0 Å². The highest BCUT2D eigenvalue weighted by Crippen LogP contribution is 2.27. The van der Waals surface area contributed by atoms with E-state index in [1.165, 1.54) is 33.3 Å². The smallest absolute Gasteiger partial charge is 0.0488 e. The van der Waals surface area contributed by atoms with E-state index in [1.807, 2.05) is 0 Å². The standard InChI is InChI=1S/C16H14BrN/c1-10-7-11(2)16-13(8-10)9-15(18-16)12-3-5-14(17)6-4-12/h3-9,18H,1-2H3. The fourth-order valence-corrected chi connectivity index (χ4v) is 2.66. The molecule has 18 heavy (non-hydrogen) atoms. The molecule has 0 spiro atoms. The Bertz CT molecular complexity index is 708. The van der Waals surface area contributed by atoms with E-state index in [9.17, 15) is 0 Å². The second kappa shape index (κ2) is 4.29. The van der Waals surface area contributed by atoms with Gasteiger partial charge in [-0.3, -0.25) is 0 Å². The van der Waals surface area contributed by atoms with Gasteiger partial charge in [-0.1, -0.05) is 39.7 Å². The van der Waals surface area contributed by atoms with Crippen LogP contribution < -0.4 is 0 Å². The molecule has 1 heterocycles. The molecule has 0 radical (unpaired) electrons. The van der Waals surface area contributed by atoms with Gasteiger partial charge in [-0.05, 0) is 49.2 Å². The zero-order chi connectivity index (χ0) is 12.7. The molecule has 0 saturated carbocycles. The van der Waals surface area contributed by atoms with Crippen LogP contribution in [-0.4, -0.2) is 4.98 Å². The van der Waals surface area contributed by atoms with Crippen molar-refractivity contribution in [2.75, 3.05) is 0 Å². The lowest BCUT2D eigenvalue weighted by molar-refractivity contribution is 1.38. The Morgan fingerprint density at radius 2 is 1.67 bits per heavy atom. The van der Waals surface area contributed by atoms with Gasteiger partial charge >= 0.3 is 0 Å². The maximum absolute atomic E-state index is 3.51. The highest BCUT2D eigenvalue weighted by molar-refractivity contribution is 9.10. The normalized spacial score (nSPS) is 11.1. The van der Waals surface area contributed by atoms with Gasteiger partial charge in [0.25, 0.3) is 0 Å². The van der Waals surface area contributed by atoms with Gasteiger partial charge in [0.15, 0.2) is 0 Å². The topological polar surface area (TPSA) is 15.8 Å². The van der Waals surface area contributed by atoms with Crippen molar-refractivity contribution in [3.8, 4) is 11.3 Å². The average Bonchev–Trinajstić information content (AvgIpc) is 2.74. The van der Waals surface area contributed by atoms with Gasteiger partial charge in [-0.25, -0.2) is 0 Å². The molecule has 0 fully saturated rings. The minimum Gasteiger partial charge on any atom is -0.354 e. The van der Waals surface area contributed by atoms with Crippen LogP contribution in [0.15, 0.2) is 46.9 Å². The molecule has 0 unspecified atom stereocenters. The van der Waals surface area contributed by atoms with Crippen LogP contribution in [0.25, 0.3) is 22.2 Å². The highest BCUT2D eigenvalue weighted by atomic mass is 79.9. The van der Waals surface area contributed by atoms with E-state index < -0.39 is 0 Å². The molecule has 0 atom stereocenters. The van der Waals surface area contributed by atoms with E-state index in [4.69, 9.17) is 0 Å². The third-order valence-electron chi connectivity index (χ3n) is 3.23. The first kappa shape index (κ1) is 11.5. The van der Waals surface area contributed by atoms with E-state index in [0.717, 1.165) is 4.47 Å². The van der Waals surface area contributed by atoms with Gasteiger partial charge < -0.3 is 4.98 Å². The molecule has 3 aromatic rings. The van der Waals surface area contributed by atoms with Crippen molar-refractivity contribution < 1.29 is 0 Å². The molecule has 0 saturated heterocycles. The van der Waals surface area contributed by atoms with E-state index in [0.29, 0.717) is 0 Å². The number of fused-ring (bicyclic) bond motifs is 1. The summed E-state index contributed by atoms with van der Waals surface area (Å²) < 4.78 is 1.11. The number of benzene rings is 2. The number of aryl methyl sites for hydroxylation is 2. The van der Waals surface area contributed by atoms with Gasteiger partial charge in [0, 0.05) is 21.1 Å². The van der Waals surface area contributed by atoms with Crippen LogP contribution in [0.4, 0.5) is 0 Å². The van der Waals surface area contributed by atoms with Gasteiger partial charge in [0.05, 0.1) is 0 Å². The molecule has 90 valence electrons. The third-order valence-corrected chi connectivity index (χ3v) is 3.75. The molecule has 2 aromatic carbocycles. The van der Waals surface area contributed by atoms with E-state index in [1.54, 1.807) is 0 Å². The maximum Gasteiger partial charge on any atom is 0.0488 e. The Morgan fingerprint density at radius 1 is 0.944 bits per heavy atom. The summed E-state index contributed by atoms with van der Waals surface area (Å²) in [6.07, 6.45) is 0. The summed E-state index contributed by atoms with van der Waals surface area (Å²) >= 11 is 3.46. The SMILES string of the molecule is Cc1cc(C)c2[nH]c(-c3ccc(Br)cc3)cc2c1. The fourth-order valence-electron chi connectivity index (χ4n) is 2.40. The number of halogens is 1. The van der Waals surface area contributed by atoms with E-state index in [2.05, 4.69) is 77.2 Å². The Balaban J connectivity index is 2.19. The van der Waals surface area contributed by atoms with Crippen molar-refractivity contribution in [1.82, 2.24) is 4.98 Å². The Hall–Kier alpha value is -1.54. The monoisotopic (exact) mass is 299 g/mol. The van der Waals surface area contributed by atoms with E-state index in [-0.39, 0.29) is 0 Å². The molecule has 0 amide bonds. The fraction of sp³-hybridized carbons (Fsp3) is 0.125. The van der Waals surface area contributed by atoms with Gasteiger partial charge in [0.1, 0.15) is 0 Å². The zero-order valence-corrected chi connectivity index (χ0v) is 12.0. The molecule has 0 bridgehead atoms. The first-order valence-electron chi connectivity index (χ1n) is 5.99. The first-order chi connectivity index (χ1) is 8.63. The number of rotatable bonds is 1. The highest BCUT2D eigenvalue weighted by Gasteiger charge is 2.05. The Kier molecular flexibility index (Phi) is 2.75. The molecule has 1 N–H and O–H groups in total. The van der Waals surface area contributed by atoms with Crippen molar-refractivity contribution in [3.63, 3.8) is 0 Å². The summed E-state index contributed by atoms with van der Waals surface area (Å²) in [5, 5.41) is 1.28. The van der Waals surface area contributed by atoms with Crippen molar-refractivity contribution in [2.24, 2.45) is 0 Å². The Labute approximate surface area is 115 Å². The summed E-state index contributed by atoms with van der Waals surface area (Å²) in [6, 6.07) is 15.0. The molecule has 0 aliphatic rings. The quantitative estimate of drug-likeness (QED) is 0.634. The molecule has 1 nitrogen and oxygen atoms in total. The Morgan fingerprint density at radius 3 is 2.39 bits per heavy atom. The van der Waals surface area contributed by atoms with Crippen LogP contribution in [0.1, 0.15) is 11.1 Å². The number of aromatic amines is 1. The number of hydrogen-bond donors (Lipinski definition) is 1. The number of nitrogens with one attached hydrogen (secondary N) is 1.